The molecular weight excluding hydrogens is 282 g/mol. The highest BCUT2D eigenvalue weighted by Crippen LogP contribution is 2.41. The predicted octanol–water partition coefficient (Wildman–Crippen LogP) is 3.40. The number of ketones is 1. The van der Waals surface area contributed by atoms with E-state index in [-0.39, 0.29) is 11.2 Å². The molecule has 1 N–H and O–H groups in total. The zero-order valence-corrected chi connectivity index (χ0v) is 13.8. The lowest BCUT2D eigenvalue weighted by molar-refractivity contribution is -0.120. The first-order valence-corrected chi connectivity index (χ1v) is 7.19. The van der Waals surface area contributed by atoms with Crippen LogP contribution >= 0.6 is 0 Å². The quantitative estimate of drug-likeness (QED) is 0.903. The number of ether oxygens (including phenoxy) is 3. The van der Waals surface area contributed by atoms with Gasteiger partial charge >= 0.3 is 0 Å². The second-order valence-electron chi connectivity index (χ2n) is 6.09. The van der Waals surface area contributed by atoms with Crippen LogP contribution in [0.5, 0.6) is 17.2 Å². The van der Waals surface area contributed by atoms with Crippen molar-refractivity contribution < 1.29 is 19.0 Å². The predicted molar refractivity (Wildman–Crippen MR) is 85.8 cm³/mol. The minimum absolute atomic E-state index is 0.127. The maximum absolute atomic E-state index is 11.9. The van der Waals surface area contributed by atoms with Gasteiger partial charge in [0, 0.05) is 36.4 Å². The zero-order chi connectivity index (χ0) is 16.3. The second-order valence-corrected chi connectivity index (χ2v) is 6.09. The van der Waals surface area contributed by atoms with Gasteiger partial charge in [-0.05, 0) is 5.41 Å². The lowest BCUT2D eigenvalue weighted by atomic mass is 9.81. The molecule has 1 aliphatic carbocycles. The van der Waals surface area contributed by atoms with Gasteiger partial charge in [-0.3, -0.25) is 4.79 Å². The third-order valence-corrected chi connectivity index (χ3v) is 3.57. The summed E-state index contributed by atoms with van der Waals surface area (Å²) in [5.74, 6) is 1.93. The highest BCUT2D eigenvalue weighted by molar-refractivity contribution is 5.84. The van der Waals surface area contributed by atoms with E-state index < -0.39 is 0 Å². The number of methoxy groups -OCH3 is 3. The number of hydrogen-bond acceptors (Lipinski definition) is 5. The number of carbonyl (C=O) groups excluding carboxylic acids is 1. The standard InChI is InChI=1S/C17H23NO4/c1-17(2)9-12(6-13(19)10-17)18-11-7-14(20-3)16(22-5)15(8-11)21-4/h7-9,18H,6,10H2,1-5H3. The van der Waals surface area contributed by atoms with Crippen molar-refractivity contribution in [2.75, 3.05) is 26.6 Å². The van der Waals surface area contributed by atoms with Crippen LogP contribution < -0.4 is 19.5 Å². The van der Waals surface area contributed by atoms with Gasteiger partial charge < -0.3 is 19.5 Å². The Morgan fingerprint density at radius 1 is 1.05 bits per heavy atom. The lowest BCUT2D eigenvalue weighted by Gasteiger charge is -2.27. The van der Waals surface area contributed by atoms with E-state index in [1.54, 1.807) is 21.3 Å². The van der Waals surface area contributed by atoms with Gasteiger partial charge in [0.05, 0.1) is 21.3 Å². The van der Waals surface area contributed by atoms with Crippen LogP contribution in [0.3, 0.4) is 0 Å². The van der Waals surface area contributed by atoms with E-state index in [1.807, 2.05) is 12.1 Å². The average molecular weight is 305 g/mol. The largest absolute Gasteiger partial charge is 0.493 e. The molecule has 5 heteroatoms. The number of allylic oxidation sites excluding steroid dienone is 2. The first-order chi connectivity index (χ1) is 10.4. The summed E-state index contributed by atoms with van der Waals surface area (Å²) in [4.78, 5) is 11.9. The number of carbonyl (C=O) groups is 1. The molecule has 0 aromatic heterocycles. The first-order valence-electron chi connectivity index (χ1n) is 7.19. The molecule has 0 saturated carbocycles. The van der Waals surface area contributed by atoms with E-state index in [4.69, 9.17) is 14.2 Å². The van der Waals surface area contributed by atoms with E-state index in [9.17, 15) is 4.79 Å². The van der Waals surface area contributed by atoms with Gasteiger partial charge in [-0.15, -0.1) is 0 Å². The fourth-order valence-electron chi connectivity index (χ4n) is 2.78. The van der Waals surface area contributed by atoms with Crippen molar-refractivity contribution in [2.45, 2.75) is 26.7 Å². The van der Waals surface area contributed by atoms with Crippen molar-refractivity contribution in [3.05, 3.63) is 23.9 Å². The highest BCUT2D eigenvalue weighted by atomic mass is 16.5. The van der Waals surface area contributed by atoms with E-state index >= 15 is 0 Å². The zero-order valence-electron chi connectivity index (χ0n) is 13.8. The topological polar surface area (TPSA) is 56.8 Å². The Morgan fingerprint density at radius 2 is 1.64 bits per heavy atom. The van der Waals surface area contributed by atoms with Crippen LogP contribution in [0.2, 0.25) is 0 Å². The third-order valence-electron chi connectivity index (χ3n) is 3.57. The molecule has 0 atom stereocenters. The molecule has 0 saturated heterocycles. The molecule has 0 radical (unpaired) electrons. The molecule has 0 fully saturated rings. The van der Waals surface area contributed by atoms with Crippen LogP contribution in [-0.2, 0) is 4.79 Å². The molecular formula is C17H23NO4. The van der Waals surface area contributed by atoms with Crippen molar-refractivity contribution in [1.82, 2.24) is 0 Å². The van der Waals surface area contributed by atoms with Crippen LogP contribution in [-0.4, -0.2) is 27.1 Å². The summed E-state index contributed by atoms with van der Waals surface area (Å²) in [6.07, 6.45) is 3.10. The van der Waals surface area contributed by atoms with Crippen molar-refractivity contribution in [1.29, 1.82) is 0 Å². The van der Waals surface area contributed by atoms with Gasteiger partial charge in [-0.2, -0.15) is 0 Å². The van der Waals surface area contributed by atoms with Gasteiger partial charge in [0.15, 0.2) is 11.5 Å². The molecule has 5 nitrogen and oxygen atoms in total. The van der Waals surface area contributed by atoms with Crippen molar-refractivity contribution in [3.8, 4) is 17.2 Å². The van der Waals surface area contributed by atoms with Crippen LogP contribution in [0.25, 0.3) is 0 Å². The summed E-state index contributed by atoms with van der Waals surface area (Å²) >= 11 is 0. The number of hydrogen-bond donors (Lipinski definition) is 1. The Labute approximate surface area is 131 Å². The number of benzene rings is 1. The Bertz CT molecular complexity index is 580. The Hall–Kier alpha value is -2.17. The molecule has 0 spiro atoms. The molecule has 2 rings (SSSR count). The minimum Gasteiger partial charge on any atom is -0.493 e. The maximum Gasteiger partial charge on any atom is 0.203 e. The van der Waals surface area contributed by atoms with Crippen LogP contribution in [0, 0.1) is 5.41 Å². The third kappa shape index (κ3) is 3.53. The van der Waals surface area contributed by atoms with E-state index in [1.165, 1.54) is 0 Å². The monoisotopic (exact) mass is 305 g/mol. The van der Waals surface area contributed by atoms with Crippen LogP contribution in [0.15, 0.2) is 23.9 Å². The van der Waals surface area contributed by atoms with E-state index in [2.05, 4.69) is 25.2 Å². The fourth-order valence-corrected chi connectivity index (χ4v) is 2.78. The average Bonchev–Trinajstić information content (AvgIpc) is 2.43. The number of nitrogens with one attached hydrogen (secondary N) is 1. The van der Waals surface area contributed by atoms with E-state index in [0.717, 1.165) is 11.4 Å². The SMILES string of the molecule is COc1cc(NC2=CC(C)(C)CC(=O)C2)cc(OC)c1OC. The molecule has 1 aliphatic rings. The molecule has 22 heavy (non-hydrogen) atoms. The van der Waals surface area contributed by atoms with Crippen molar-refractivity contribution >= 4 is 11.5 Å². The summed E-state index contributed by atoms with van der Waals surface area (Å²) in [6.45, 7) is 4.11. The molecule has 0 heterocycles. The van der Waals surface area contributed by atoms with Gasteiger partial charge in [0.2, 0.25) is 5.75 Å². The molecule has 0 unspecified atom stereocenters. The Kier molecular flexibility index (Phi) is 4.64. The lowest BCUT2D eigenvalue weighted by Crippen LogP contribution is -2.23. The number of rotatable bonds is 5. The Morgan fingerprint density at radius 3 is 2.09 bits per heavy atom. The number of Topliss-reactive ketones (excluding diaryl/α,β-unsaturated/α-hetero) is 1. The van der Waals surface area contributed by atoms with Gasteiger partial charge in [-0.1, -0.05) is 19.9 Å². The van der Waals surface area contributed by atoms with Crippen molar-refractivity contribution in [2.24, 2.45) is 5.41 Å². The van der Waals surface area contributed by atoms with Crippen LogP contribution in [0.1, 0.15) is 26.7 Å². The normalized spacial score (nSPS) is 16.8. The Balaban J connectivity index is 2.34. The smallest absolute Gasteiger partial charge is 0.203 e. The summed E-state index contributed by atoms with van der Waals surface area (Å²) in [6, 6.07) is 3.66. The first kappa shape index (κ1) is 16.2. The molecule has 0 bridgehead atoms. The van der Waals surface area contributed by atoms with E-state index in [0.29, 0.717) is 30.1 Å². The summed E-state index contributed by atoms with van der Waals surface area (Å²) in [5.41, 5.74) is 1.57. The highest BCUT2D eigenvalue weighted by Gasteiger charge is 2.26. The van der Waals surface area contributed by atoms with Crippen LogP contribution in [0.4, 0.5) is 5.69 Å². The molecule has 0 amide bonds. The van der Waals surface area contributed by atoms with Gasteiger partial charge in [0.25, 0.3) is 0 Å². The number of anilines is 1. The molecule has 0 aliphatic heterocycles. The second kappa shape index (κ2) is 6.30. The summed E-state index contributed by atoms with van der Waals surface area (Å²) in [5, 5.41) is 3.29. The summed E-state index contributed by atoms with van der Waals surface area (Å²) in [7, 11) is 4.72. The van der Waals surface area contributed by atoms with Gasteiger partial charge in [-0.25, -0.2) is 0 Å². The van der Waals surface area contributed by atoms with Crippen molar-refractivity contribution in [3.63, 3.8) is 0 Å². The fraction of sp³-hybridized carbons (Fsp3) is 0.471. The molecule has 1 aromatic carbocycles. The molecule has 120 valence electrons. The van der Waals surface area contributed by atoms with Gasteiger partial charge in [0.1, 0.15) is 5.78 Å². The maximum atomic E-state index is 11.9. The minimum atomic E-state index is -0.127. The molecule has 1 aromatic rings. The summed E-state index contributed by atoms with van der Waals surface area (Å²) < 4.78 is 16.0.